The molecule has 2 rings (SSSR count). The molecule has 118 valence electrons. The molecule has 1 heterocycles. The second-order valence-electron chi connectivity index (χ2n) is 4.73. The molecule has 0 atom stereocenters. The Hall–Kier alpha value is -2.08. The third-order valence-electron chi connectivity index (χ3n) is 2.89. The predicted octanol–water partition coefficient (Wildman–Crippen LogP) is 2.33. The number of hydrogen-bond donors (Lipinski definition) is 2. The van der Waals surface area contributed by atoms with Gasteiger partial charge in [-0.15, -0.1) is 0 Å². The van der Waals surface area contributed by atoms with E-state index in [0.29, 0.717) is 18.3 Å². The number of benzene rings is 1. The van der Waals surface area contributed by atoms with Gasteiger partial charge in [0.1, 0.15) is 6.54 Å². The standard InChI is InChI=1S/C15H20ClN5O/c1-3-17-15(19-10-14-20-11(2)22-21-14)18-8-7-12-5-4-6-13(16)9-12/h4-6,9H,3,7-8,10H2,1-2H3,(H2,17,18,19). The summed E-state index contributed by atoms with van der Waals surface area (Å²) in [6.07, 6.45) is 0.867. The van der Waals surface area contributed by atoms with Gasteiger partial charge in [0.2, 0.25) is 5.89 Å². The molecule has 0 radical (unpaired) electrons. The highest BCUT2D eigenvalue weighted by atomic mass is 35.5. The lowest BCUT2D eigenvalue weighted by atomic mass is 10.1. The zero-order valence-electron chi connectivity index (χ0n) is 12.8. The van der Waals surface area contributed by atoms with Crippen LogP contribution >= 0.6 is 11.6 Å². The van der Waals surface area contributed by atoms with Crippen molar-refractivity contribution in [3.63, 3.8) is 0 Å². The lowest BCUT2D eigenvalue weighted by Gasteiger charge is -2.10. The van der Waals surface area contributed by atoms with E-state index < -0.39 is 0 Å². The molecule has 2 aromatic rings. The smallest absolute Gasteiger partial charge is 0.223 e. The normalized spacial score (nSPS) is 11.5. The second-order valence-corrected chi connectivity index (χ2v) is 5.17. The average Bonchev–Trinajstić information content (AvgIpc) is 2.90. The SMILES string of the molecule is CCNC(=NCc1noc(C)n1)NCCc1cccc(Cl)c1. The van der Waals surface area contributed by atoms with E-state index in [-0.39, 0.29) is 0 Å². The number of guanidine groups is 1. The quantitative estimate of drug-likeness (QED) is 0.631. The minimum atomic E-state index is 0.379. The number of nitrogens with zero attached hydrogens (tertiary/aromatic N) is 3. The molecule has 7 heteroatoms. The number of hydrogen-bond acceptors (Lipinski definition) is 4. The third-order valence-corrected chi connectivity index (χ3v) is 3.12. The fourth-order valence-electron chi connectivity index (χ4n) is 1.91. The van der Waals surface area contributed by atoms with Crippen LogP contribution < -0.4 is 10.6 Å². The van der Waals surface area contributed by atoms with Crippen molar-refractivity contribution < 1.29 is 4.52 Å². The topological polar surface area (TPSA) is 75.3 Å². The Balaban J connectivity index is 1.85. The number of aryl methyl sites for hydroxylation is 1. The molecule has 0 bridgehead atoms. The number of aliphatic imine (C=N–C) groups is 1. The van der Waals surface area contributed by atoms with Crippen molar-refractivity contribution in [1.82, 2.24) is 20.8 Å². The Morgan fingerprint density at radius 1 is 1.36 bits per heavy atom. The minimum Gasteiger partial charge on any atom is -0.357 e. The summed E-state index contributed by atoms with van der Waals surface area (Å²) in [7, 11) is 0. The van der Waals surface area contributed by atoms with Crippen LogP contribution in [0.25, 0.3) is 0 Å². The zero-order chi connectivity index (χ0) is 15.8. The zero-order valence-corrected chi connectivity index (χ0v) is 13.5. The molecular formula is C15H20ClN5O. The minimum absolute atomic E-state index is 0.379. The molecule has 22 heavy (non-hydrogen) atoms. The highest BCUT2D eigenvalue weighted by molar-refractivity contribution is 6.30. The first kappa shape index (κ1) is 16.3. The average molecular weight is 322 g/mol. The van der Waals surface area contributed by atoms with Crippen molar-refractivity contribution in [2.45, 2.75) is 26.8 Å². The summed E-state index contributed by atoms with van der Waals surface area (Å²) >= 11 is 5.98. The highest BCUT2D eigenvalue weighted by Gasteiger charge is 2.03. The van der Waals surface area contributed by atoms with Gasteiger partial charge in [-0.05, 0) is 31.0 Å². The van der Waals surface area contributed by atoms with Gasteiger partial charge in [-0.3, -0.25) is 0 Å². The van der Waals surface area contributed by atoms with Crippen LogP contribution in [-0.2, 0) is 13.0 Å². The van der Waals surface area contributed by atoms with E-state index >= 15 is 0 Å². The second kappa shape index (κ2) is 8.38. The van der Waals surface area contributed by atoms with Gasteiger partial charge in [0, 0.05) is 25.0 Å². The van der Waals surface area contributed by atoms with Crippen molar-refractivity contribution in [2.75, 3.05) is 13.1 Å². The summed E-state index contributed by atoms with van der Waals surface area (Å²) < 4.78 is 4.92. The van der Waals surface area contributed by atoms with Crippen molar-refractivity contribution in [3.05, 3.63) is 46.6 Å². The monoisotopic (exact) mass is 321 g/mol. The van der Waals surface area contributed by atoms with Crippen LogP contribution in [-0.4, -0.2) is 29.2 Å². The molecule has 2 N–H and O–H groups in total. The number of rotatable bonds is 6. The maximum Gasteiger partial charge on any atom is 0.223 e. The number of nitrogens with one attached hydrogen (secondary N) is 2. The van der Waals surface area contributed by atoms with Crippen LogP contribution in [0.5, 0.6) is 0 Å². The van der Waals surface area contributed by atoms with Gasteiger partial charge in [0.15, 0.2) is 11.8 Å². The van der Waals surface area contributed by atoms with Gasteiger partial charge < -0.3 is 15.2 Å². The van der Waals surface area contributed by atoms with Crippen LogP contribution in [0.1, 0.15) is 24.2 Å². The van der Waals surface area contributed by atoms with E-state index in [1.807, 2.05) is 25.1 Å². The highest BCUT2D eigenvalue weighted by Crippen LogP contribution is 2.10. The summed E-state index contributed by atoms with van der Waals surface area (Å²) in [6.45, 7) is 5.71. The molecule has 0 unspecified atom stereocenters. The Kier molecular flexibility index (Phi) is 6.21. The number of halogens is 1. The number of aromatic nitrogens is 2. The summed E-state index contributed by atoms with van der Waals surface area (Å²) in [6, 6.07) is 7.85. The van der Waals surface area contributed by atoms with E-state index in [0.717, 1.165) is 30.5 Å². The van der Waals surface area contributed by atoms with Gasteiger partial charge in [-0.1, -0.05) is 28.9 Å². The molecule has 6 nitrogen and oxygen atoms in total. The van der Waals surface area contributed by atoms with Gasteiger partial charge >= 0.3 is 0 Å². The summed E-state index contributed by atoms with van der Waals surface area (Å²) in [5.41, 5.74) is 1.18. The maximum absolute atomic E-state index is 5.98. The molecule has 0 saturated heterocycles. The Labute approximate surface area is 135 Å². The van der Waals surface area contributed by atoms with Crippen LogP contribution in [0.15, 0.2) is 33.8 Å². The van der Waals surface area contributed by atoms with Gasteiger partial charge in [0.25, 0.3) is 0 Å². The summed E-state index contributed by atoms with van der Waals surface area (Å²) in [5.74, 6) is 1.85. The summed E-state index contributed by atoms with van der Waals surface area (Å²) in [4.78, 5) is 8.55. The Morgan fingerprint density at radius 2 is 2.23 bits per heavy atom. The maximum atomic E-state index is 5.98. The molecular weight excluding hydrogens is 302 g/mol. The first-order valence-electron chi connectivity index (χ1n) is 7.23. The van der Waals surface area contributed by atoms with E-state index in [1.165, 1.54) is 5.56 Å². The lowest BCUT2D eigenvalue weighted by Crippen LogP contribution is -2.38. The molecule has 0 spiro atoms. The summed E-state index contributed by atoms with van der Waals surface area (Å²) in [5, 5.41) is 11.0. The first-order valence-corrected chi connectivity index (χ1v) is 7.61. The molecule has 1 aromatic carbocycles. The van der Waals surface area contributed by atoms with Crippen molar-refractivity contribution in [2.24, 2.45) is 4.99 Å². The van der Waals surface area contributed by atoms with Gasteiger partial charge in [-0.25, -0.2) is 4.99 Å². The largest absolute Gasteiger partial charge is 0.357 e. The fraction of sp³-hybridized carbons (Fsp3) is 0.400. The van der Waals surface area contributed by atoms with E-state index in [9.17, 15) is 0 Å². The molecule has 0 amide bonds. The molecule has 0 aliphatic heterocycles. The Morgan fingerprint density at radius 3 is 2.91 bits per heavy atom. The van der Waals surface area contributed by atoms with Crippen LogP contribution in [0.4, 0.5) is 0 Å². The van der Waals surface area contributed by atoms with E-state index in [1.54, 1.807) is 6.92 Å². The van der Waals surface area contributed by atoms with E-state index in [2.05, 4.69) is 31.8 Å². The van der Waals surface area contributed by atoms with Gasteiger partial charge in [0.05, 0.1) is 0 Å². The third kappa shape index (κ3) is 5.37. The molecule has 0 fully saturated rings. The van der Waals surface area contributed by atoms with Crippen LogP contribution in [0.3, 0.4) is 0 Å². The predicted molar refractivity (Wildman–Crippen MR) is 87.0 cm³/mol. The van der Waals surface area contributed by atoms with Gasteiger partial charge in [-0.2, -0.15) is 4.98 Å². The van der Waals surface area contributed by atoms with Crippen LogP contribution in [0, 0.1) is 6.92 Å². The molecule has 1 aromatic heterocycles. The molecule has 0 aliphatic carbocycles. The van der Waals surface area contributed by atoms with Crippen molar-refractivity contribution in [1.29, 1.82) is 0 Å². The van der Waals surface area contributed by atoms with Crippen molar-refractivity contribution >= 4 is 17.6 Å². The first-order chi connectivity index (χ1) is 10.7. The Bertz CT molecular complexity index is 626. The lowest BCUT2D eigenvalue weighted by molar-refractivity contribution is 0.387. The van der Waals surface area contributed by atoms with Crippen LogP contribution in [0.2, 0.25) is 5.02 Å². The molecule has 0 saturated carbocycles. The molecule has 0 aliphatic rings. The fourth-order valence-corrected chi connectivity index (χ4v) is 2.13. The van der Waals surface area contributed by atoms with Crippen molar-refractivity contribution in [3.8, 4) is 0 Å². The van der Waals surface area contributed by atoms with E-state index in [4.69, 9.17) is 16.1 Å².